The summed E-state index contributed by atoms with van der Waals surface area (Å²) in [5.74, 6) is -0.167. The minimum absolute atomic E-state index is 0.167. The summed E-state index contributed by atoms with van der Waals surface area (Å²) in [7, 11) is 0. The van der Waals surface area contributed by atoms with E-state index in [2.05, 4.69) is 24.4 Å². The predicted octanol–water partition coefficient (Wildman–Crippen LogP) is 6.73. The Morgan fingerprint density at radius 1 is 0.862 bits per heavy atom. The average molecular weight is 401 g/mol. The van der Waals surface area contributed by atoms with Gasteiger partial charge in [-0.25, -0.2) is 4.98 Å². The van der Waals surface area contributed by atoms with Crippen LogP contribution in [0.25, 0.3) is 22.2 Å². The van der Waals surface area contributed by atoms with Gasteiger partial charge in [0.1, 0.15) is 0 Å². The smallest absolute Gasteiger partial charge is 0.256 e. The fraction of sp³-hybridized carbons (Fsp3) is 0.120. The number of anilines is 1. The van der Waals surface area contributed by atoms with Crippen LogP contribution in [0.3, 0.4) is 0 Å². The monoisotopic (exact) mass is 400 g/mol. The molecule has 1 amide bonds. The number of carbonyl (C=O) groups excluding carboxylic acids is 1. The van der Waals surface area contributed by atoms with Crippen LogP contribution in [0.4, 0.5) is 5.69 Å². The number of carbonyl (C=O) groups is 1. The van der Waals surface area contributed by atoms with Crippen LogP contribution in [-0.4, -0.2) is 10.9 Å². The van der Waals surface area contributed by atoms with E-state index in [4.69, 9.17) is 16.6 Å². The molecule has 144 valence electrons. The molecule has 0 atom stereocenters. The summed E-state index contributed by atoms with van der Waals surface area (Å²) in [4.78, 5) is 18.2. The number of hydrogen-bond acceptors (Lipinski definition) is 2. The zero-order valence-corrected chi connectivity index (χ0v) is 17.3. The molecule has 4 rings (SSSR count). The molecule has 4 aromatic rings. The first kappa shape index (κ1) is 19.2. The van der Waals surface area contributed by atoms with Crippen LogP contribution >= 0.6 is 11.6 Å². The number of aromatic nitrogens is 1. The van der Waals surface area contributed by atoms with Gasteiger partial charge in [0, 0.05) is 21.7 Å². The van der Waals surface area contributed by atoms with Crippen molar-refractivity contribution in [1.29, 1.82) is 0 Å². The van der Waals surface area contributed by atoms with E-state index in [1.54, 1.807) is 0 Å². The summed E-state index contributed by atoms with van der Waals surface area (Å²) in [6.07, 6.45) is 0. The summed E-state index contributed by atoms with van der Waals surface area (Å²) < 4.78 is 0. The van der Waals surface area contributed by atoms with Crippen LogP contribution in [0, 0.1) is 20.8 Å². The second-order valence-electron chi connectivity index (χ2n) is 7.21. The van der Waals surface area contributed by atoms with E-state index in [1.165, 1.54) is 5.56 Å². The van der Waals surface area contributed by atoms with Gasteiger partial charge in [-0.3, -0.25) is 4.79 Å². The second kappa shape index (κ2) is 7.69. The molecule has 29 heavy (non-hydrogen) atoms. The molecule has 0 unspecified atom stereocenters. The highest BCUT2D eigenvalue weighted by atomic mass is 35.5. The van der Waals surface area contributed by atoms with E-state index in [-0.39, 0.29) is 5.91 Å². The molecule has 0 aliphatic rings. The lowest BCUT2D eigenvalue weighted by Crippen LogP contribution is -2.16. The maximum absolute atomic E-state index is 13.4. The van der Waals surface area contributed by atoms with Crippen LogP contribution in [-0.2, 0) is 0 Å². The number of nitrogens with one attached hydrogen (secondary N) is 1. The number of pyridine rings is 1. The van der Waals surface area contributed by atoms with Crippen molar-refractivity contribution in [1.82, 2.24) is 4.98 Å². The molecule has 0 aliphatic heterocycles. The first-order valence-electron chi connectivity index (χ1n) is 9.48. The maximum atomic E-state index is 13.4. The molecule has 0 aliphatic carbocycles. The first-order valence-corrected chi connectivity index (χ1v) is 9.86. The third-order valence-electron chi connectivity index (χ3n) is 5.20. The quantitative estimate of drug-likeness (QED) is 0.414. The lowest BCUT2D eigenvalue weighted by molar-refractivity contribution is 0.102. The Morgan fingerprint density at radius 2 is 1.59 bits per heavy atom. The molecule has 0 bridgehead atoms. The summed E-state index contributed by atoms with van der Waals surface area (Å²) in [6, 6.07) is 21.4. The van der Waals surface area contributed by atoms with E-state index >= 15 is 0 Å². The molecule has 0 saturated heterocycles. The highest BCUT2D eigenvalue weighted by Gasteiger charge is 2.19. The summed E-state index contributed by atoms with van der Waals surface area (Å²) >= 11 is 6.23. The largest absolute Gasteiger partial charge is 0.322 e. The molecule has 3 nitrogen and oxygen atoms in total. The van der Waals surface area contributed by atoms with E-state index < -0.39 is 0 Å². The van der Waals surface area contributed by atoms with E-state index in [0.717, 1.165) is 33.3 Å². The van der Waals surface area contributed by atoms with Crippen molar-refractivity contribution < 1.29 is 4.79 Å². The van der Waals surface area contributed by atoms with Gasteiger partial charge in [0.05, 0.1) is 16.8 Å². The van der Waals surface area contributed by atoms with Gasteiger partial charge in [0.25, 0.3) is 5.91 Å². The minimum Gasteiger partial charge on any atom is -0.322 e. The molecule has 0 saturated carbocycles. The normalized spacial score (nSPS) is 10.9. The Morgan fingerprint density at radius 3 is 2.34 bits per heavy atom. The van der Waals surface area contributed by atoms with E-state index in [1.807, 2.05) is 68.4 Å². The Labute approximate surface area is 175 Å². The highest BCUT2D eigenvalue weighted by molar-refractivity contribution is 6.31. The number of aryl methyl sites for hydroxylation is 1. The number of rotatable bonds is 3. The fourth-order valence-electron chi connectivity index (χ4n) is 3.52. The number of benzene rings is 3. The van der Waals surface area contributed by atoms with Gasteiger partial charge in [0.15, 0.2) is 0 Å². The van der Waals surface area contributed by atoms with Crippen molar-refractivity contribution in [2.45, 2.75) is 20.8 Å². The van der Waals surface area contributed by atoms with Gasteiger partial charge >= 0.3 is 0 Å². The van der Waals surface area contributed by atoms with Crippen LogP contribution in [0.15, 0.2) is 66.7 Å². The van der Waals surface area contributed by atoms with Crippen LogP contribution in [0.1, 0.15) is 27.0 Å². The van der Waals surface area contributed by atoms with Crippen molar-refractivity contribution in [3.63, 3.8) is 0 Å². The minimum atomic E-state index is -0.167. The Hall–Kier alpha value is -3.17. The molecule has 1 heterocycles. The van der Waals surface area contributed by atoms with Gasteiger partial charge < -0.3 is 5.32 Å². The number of amides is 1. The number of fused-ring (bicyclic) bond motifs is 1. The molecule has 0 radical (unpaired) electrons. The first-order chi connectivity index (χ1) is 14.0. The zero-order chi connectivity index (χ0) is 20.5. The highest BCUT2D eigenvalue weighted by Crippen LogP contribution is 2.31. The molecule has 1 aromatic heterocycles. The summed E-state index contributed by atoms with van der Waals surface area (Å²) in [5, 5.41) is 4.49. The summed E-state index contributed by atoms with van der Waals surface area (Å²) in [5.41, 5.74) is 6.82. The third-order valence-corrected chi connectivity index (χ3v) is 5.61. The molecule has 0 fully saturated rings. The number of nitrogens with zero attached hydrogens (tertiary/aromatic N) is 1. The van der Waals surface area contributed by atoms with Crippen LogP contribution in [0.2, 0.25) is 5.02 Å². The molecular weight excluding hydrogens is 380 g/mol. The molecular formula is C25H21ClN2O. The molecule has 4 heteroatoms. The van der Waals surface area contributed by atoms with Gasteiger partial charge in [0.2, 0.25) is 0 Å². The van der Waals surface area contributed by atoms with Crippen molar-refractivity contribution in [3.8, 4) is 11.3 Å². The van der Waals surface area contributed by atoms with Crippen molar-refractivity contribution in [3.05, 3.63) is 94.0 Å². The summed E-state index contributed by atoms with van der Waals surface area (Å²) in [6.45, 7) is 5.90. The second-order valence-corrected chi connectivity index (χ2v) is 7.62. The fourth-order valence-corrected chi connectivity index (χ4v) is 3.69. The lowest BCUT2D eigenvalue weighted by Gasteiger charge is -2.16. The Bertz CT molecular complexity index is 1230. The third kappa shape index (κ3) is 3.62. The molecule has 1 N–H and O–H groups in total. The van der Waals surface area contributed by atoms with E-state index in [0.29, 0.717) is 16.3 Å². The van der Waals surface area contributed by atoms with Crippen molar-refractivity contribution in [2.24, 2.45) is 0 Å². The van der Waals surface area contributed by atoms with Crippen LogP contribution in [0.5, 0.6) is 0 Å². The van der Waals surface area contributed by atoms with Crippen molar-refractivity contribution >= 4 is 34.1 Å². The van der Waals surface area contributed by atoms with Gasteiger partial charge in [-0.1, -0.05) is 65.7 Å². The lowest BCUT2D eigenvalue weighted by atomic mass is 9.96. The predicted molar refractivity (Wildman–Crippen MR) is 121 cm³/mol. The molecule has 3 aromatic carbocycles. The Kier molecular flexibility index (Phi) is 5.08. The average Bonchev–Trinajstić information content (AvgIpc) is 2.71. The van der Waals surface area contributed by atoms with E-state index in [9.17, 15) is 4.79 Å². The topological polar surface area (TPSA) is 42.0 Å². The van der Waals surface area contributed by atoms with Crippen LogP contribution < -0.4 is 5.32 Å². The van der Waals surface area contributed by atoms with Crippen molar-refractivity contribution in [2.75, 3.05) is 5.32 Å². The number of para-hydroxylation sites is 1. The van der Waals surface area contributed by atoms with Gasteiger partial charge in [-0.2, -0.15) is 0 Å². The number of hydrogen-bond donors (Lipinski definition) is 1. The standard InChI is InChI=1S/C25H21ClN2O/c1-15-11-13-18(14-12-15)24-17(3)23(19-7-4-5-9-22(19)27-24)25(29)28-21-10-6-8-20(26)16(21)2/h4-14H,1-3H3,(H,28,29). The zero-order valence-electron chi connectivity index (χ0n) is 16.6. The van der Waals surface area contributed by atoms with Gasteiger partial charge in [-0.15, -0.1) is 0 Å². The molecule has 0 spiro atoms. The Balaban J connectivity index is 1.88. The SMILES string of the molecule is Cc1ccc(-c2nc3ccccc3c(C(=O)Nc3cccc(Cl)c3C)c2C)cc1. The van der Waals surface area contributed by atoms with Gasteiger partial charge in [-0.05, 0) is 50.1 Å². The number of halogens is 1. The maximum Gasteiger partial charge on any atom is 0.256 e.